The van der Waals surface area contributed by atoms with Gasteiger partial charge in [0.15, 0.2) is 5.65 Å². The molecule has 0 aliphatic carbocycles. The minimum Gasteiger partial charge on any atom is -0.497 e. The van der Waals surface area contributed by atoms with E-state index in [1.807, 2.05) is 66.9 Å². The van der Waals surface area contributed by atoms with Crippen molar-refractivity contribution < 1.29 is 9.13 Å². The molecule has 32 heavy (non-hydrogen) atoms. The van der Waals surface area contributed by atoms with Gasteiger partial charge in [-0.2, -0.15) is 0 Å². The summed E-state index contributed by atoms with van der Waals surface area (Å²) in [5, 5.41) is 3.31. The average molecular weight is 427 g/mol. The van der Waals surface area contributed by atoms with Gasteiger partial charge in [0.25, 0.3) is 0 Å². The third-order valence-electron chi connectivity index (χ3n) is 5.45. The first-order valence-electron chi connectivity index (χ1n) is 10.2. The number of pyridine rings is 1. The first-order chi connectivity index (χ1) is 15.5. The highest BCUT2D eigenvalue weighted by Crippen LogP contribution is 2.31. The molecular formula is C25H22FN5O. The van der Waals surface area contributed by atoms with Crippen LogP contribution in [0.25, 0.3) is 22.6 Å². The number of halogens is 1. The Labute approximate surface area is 185 Å². The lowest BCUT2D eigenvalue weighted by atomic mass is 10.1. The second-order valence-electron chi connectivity index (χ2n) is 7.61. The summed E-state index contributed by atoms with van der Waals surface area (Å²) in [4.78, 5) is 9.05. The van der Waals surface area contributed by atoms with Crippen molar-refractivity contribution in [1.82, 2.24) is 18.9 Å². The molecule has 0 amide bonds. The van der Waals surface area contributed by atoms with Gasteiger partial charge in [-0.15, -0.1) is 0 Å². The van der Waals surface area contributed by atoms with Crippen LogP contribution in [0, 0.1) is 19.7 Å². The van der Waals surface area contributed by atoms with Crippen LogP contribution < -0.4 is 10.1 Å². The number of benzene rings is 2. The molecule has 5 rings (SSSR count). The monoisotopic (exact) mass is 427 g/mol. The molecule has 0 bridgehead atoms. The predicted molar refractivity (Wildman–Crippen MR) is 123 cm³/mol. The lowest BCUT2D eigenvalue weighted by Gasteiger charge is -2.10. The smallest absolute Gasteiger partial charge is 0.161 e. The van der Waals surface area contributed by atoms with Crippen molar-refractivity contribution in [2.75, 3.05) is 12.4 Å². The summed E-state index contributed by atoms with van der Waals surface area (Å²) in [6.45, 7) is 3.90. The van der Waals surface area contributed by atoms with E-state index in [0.717, 1.165) is 39.7 Å². The lowest BCUT2D eigenvalue weighted by molar-refractivity contribution is 0.415. The second kappa shape index (κ2) is 7.85. The van der Waals surface area contributed by atoms with Crippen LogP contribution in [-0.4, -0.2) is 26.0 Å². The Balaban J connectivity index is 1.52. The summed E-state index contributed by atoms with van der Waals surface area (Å²) >= 11 is 0. The van der Waals surface area contributed by atoms with Gasteiger partial charge in [0.2, 0.25) is 0 Å². The van der Waals surface area contributed by atoms with Crippen LogP contribution in [0.4, 0.5) is 15.8 Å². The van der Waals surface area contributed by atoms with Gasteiger partial charge in [0.1, 0.15) is 11.6 Å². The van der Waals surface area contributed by atoms with E-state index in [0.29, 0.717) is 11.4 Å². The summed E-state index contributed by atoms with van der Waals surface area (Å²) in [6, 6.07) is 16.8. The van der Waals surface area contributed by atoms with Crippen LogP contribution in [0.1, 0.15) is 11.4 Å². The fourth-order valence-corrected chi connectivity index (χ4v) is 3.83. The quantitative estimate of drug-likeness (QED) is 0.391. The number of fused-ring (bicyclic) bond motifs is 1. The highest BCUT2D eigenvalue weighted by Gasteiger charge is 2.14. The van der Waals surface area contributed by atoms with Gasteiger partial charge in [-0.3, -0.25) is 0 Å². The maximum Gasteiger partial charge on any atom is 0.161 e. The molecule has 5 aromatic rings. The number of anilines is 2. The summed E-state index contributed by atoms with van der Waals surface area (Å²) in [5.41, 5.74) is 6.32. The van der Waals surface area contributed by atoms with E-state index >= 15 is 0 Å². The van der Waals surface area contributed by atoms with E-state index in [1.165, 1.54) is 6.07 Å². The number of imidazole rings is 2. The summed E-state index contributed by atoms with van der Waals surface area (Å²) in [7, 11) is 1.65. The number of methoxy groups -OCH3 is 1. The van der Waals surface area contributed by atoms with Crippen molar-refractivity contribution in [2.24, 2.45) is 0 Å². The van der Waals surface area contributed by atoms with Gasteiger partial charge in [0.05, 0.1) is 36.2 Å². The van der Waals surface area contributed by atoms with Gasteiger partial charge in [-0.05, 0) is 56.3 Å². The average Bonchev–Trinajstić information content (AvgIpc) is 3.38. The molecular weight excluding hydrogens is 405 g/mol. The van der Waals surface area contributed by atoms with E-state index < -0.39 is 0 Å². The molecule has 0 fully saturated rings. The van der Waals surface area contributed by atoms with Gasteiger partial charge in [-0.25, -0.2) is 14.4 Å². The molecule has 3 aromatic heterocycles. The largest absolute Gasteiger partial charge is 0.497 e. The van der Waals surface area contributed by atoms with Crippen molar-refractivity contribution in [3.63, 3.8) is 0 Å². The molecule has 2 aromatic carbocycles. The maximum absolute atomic E-state index is 14.8. The number of ether oxygens (including phenoxy) is 1. The van der Waals surface area contributed by atoms with Gasteiger partial charge in [0, 0.05) is 29.3 Å². The van der Waals surface area contributed by atoms with E-state index in [2.05, 4.69) is 10.3 Å². The first-order valence-corrected chi connectivity index (χ1v) is 10.2. The number of rotatable bonds is 5. The number of aromatic nitrogens is 4. The molecule has 0 aliphatic heterocycles. The van der Waals surface area contributed by atoms with E-state index in [9.17, 15) is 4.39 Å². The minimum absolute atomic E-state index is 0.337. The Kier molecular flexibility index (Phi) is 4.86. The minimum atomic E-state index is -0.337. The highest BCUT2D eigenvalue weighted by molar-refractivity contribution is 5.78. The topological polar surface area (TPSA) is 56.4 Å². The number of hydrogen-bond donors (Lipinski definition) is 1. The third kappa shape index (κ3) is 3.47. The zero-order chi connectivity index (χ0) is 22.2. The van der Waals surface area contributed by atoms with Crippen LogP contribution in [-0.2, 0) is 0 Å². The van der Waals surface area contributed by atoms with Crippen LogP contribution in [0.5, 0.6) is 5.75 Å². The fraction of sp³-hybridized carbons (Fsp3) is 0.120. The SMILES string of the molecule is COc1cccc(-c2nc3c(Nc4ccc(-n5cnc(C)c5)c(F)c4)cccn3c2C)c1. The molecule has 6 nitrogen and oxygen atoms in total. The predicted octanol–water partition coefficient (Wildman–Crippen LogP) is 5.70. The van der Waals surface area contributed by atoms with Crippen molar-refractivity contribution in [3.05, 3.63) is 90.5 Å². The molecule has 3 heterocycles. The summed E-state index contributed by atoms with van der Waals surface area (Å²) < 4.78 is 23.9. The van der Waals surface area contributed by atoms with Crippen LogP contribution in [0.2, 0.25) is 0 Å². The molecule has 0 radical (unpaired) electrons. The van der Waals surface area contributed by atoms with E-state index in [4.69, 9.17) is 9.72 Å². The van der Waals surface area contributed by atoms with Crippen molar-refractivity contribution >= 4 is 17.0 Å². The van der Waals surface area contributed by atoms with Gasteiger partial charge >= 0.3 is 0 Å². The Morgan fingerprint density at radius 2 is 1.91 bits per heavy atom. The summed E-state index contributed by atoms with van der Waals surface area (Å²) in [6.07, 6.45) is 5.37. The first kappa shape index (κ1) is 19.8. The zero-order valence-corrected chi connectivity index (χ0v) is 18.0. The van der Waals surface area contributed by atoms with Crippen molar-refractivity contribution in [2.45, 2.75) is 13.8 Å². The van der Waals surface area contributed by atoms with Gasteiger partial charge < -0.3 is 19.0 Å². The van der Waals surface area contributed by atoms with Crippen molar-refractivity contribution in [3.8, 4) is 22.7 Å². The summed E-state index contributed by atoms with van der Waals surface area (Å²) in [5.74, 6) is 0.442. The normalized spacial score (nSPS) is 11.1. The lowest BCUT2D eigenvalue weighted by Crippen LogP contribution is -1.99. The Morgan fingerprint density at radius 3 is 2.66 bits per heavy atom. The third-order valence-corrected chi connectivity index (χ3v) is 5.45. The molecule has 0 spiro atoms. The molecule has 7 heteroatoms. The molecule has 1 N–H and O–H groups in total. The Morgan fingerprint density at radius 1 is 1.03 bits per heavy atom. The van der Waals surface area contributed by atoms with Crippen LogP contribution in [0.15, 0.2) is 73.3 Å². The van der Waals surface area contributed by atoms with E-state index in [1.54, 1.807) is 30.3 Å². The number of hydrogen-bond acceptors (Lipinski definition) is 4. The molecule has 0 saturated heterocycles. The maximum atomic E-state index is 14.8. The number of nitrogens with zero attached hydrogens (tertiary/aromatic N) is 4. The number of nitrogens with one attached hydrogen (secondary N) is 1. The second-order valence-corrected chi connectivity index (χ2v) is 7.61. The number of aryl methyl sites for hydroxylation is 2. The fourth-order valence-electron chi connectivity index (χ4n) is 3.83. The standard InChI is InChI=1S/C25H22FN5O/c1-16-14-30(15-27-16)23-10-9-19(13-21(23)26)28-22-8-5-11-31-17(2)24(29-25(22)31)18-6-4-7-20(12-18)32-3/h4-15,28H,1-3H3. The van der Waals surface area contributed by atoms with Crippen LogP contribution >= 0.6 is 0 Å². The van der Waals surface area contributed by atoms with Crippen molar-refractivity contribution in [1.29, 1.82) is 0 Å². The molecule has 0 saturated carbocycles. The molecule has 0 unspecified atom stereocenters. The molecule has 160 valence electrons. The highest BCUT2D eigenvalue weighted by atomic mass is 19.1. The zero-order valence-electron chi connectivity index (χ0n) is 18.0. The Hall–Kier alpha value is -4.13. The molecule has 0 aliphatic rings. The van der Waals surface area contributed by atoms with Gasteiger partial charge in [-0.1, -0.05) is 12.1 Å². The Bertz CT molecular complexity index is 1440. The molecule has 0 atom stereocenters. The van der Waals surface area contributed by atoms with Crippen LogP contribution in [0.3, 0.4) is 0 Å². The van der Waals surface area contributed by atoms with E-state index in [-0.39, 0.29) is 5.82 Å².